The van der Waals surface area contributed by atoms with E-state index >= 15 is 0 Å². The van der Waals surface area contributed by atoms with E-state index in [0.29, 0.717) is 0 Å². The van der Waals surface area contributed by atoms with Crippen molar-refractivity contribution in [2.45, 2.75) is 6.92 Å². The van der Waals surface area contributed by atoms with Crippen LogP contribution < -0.4 is 0 Å². The van der Waals surface area contributed by atoms with Crippen LogP contribution in [0.15, 0.2) is 159 Å². The number of hydrogen-bond acceptors (Lipinski definition) is 2. The molecule has 0 fully saturated rings. The van der Waals surface area contributed by atoms with Gasteiger partial charge in [-0.15, -0.1) is 0 Å². The summed E-state index contributed by atoms with van der Waals surface area (Å²) in [5.41, 5.74) is 7.50. The molecule has 8 rings (SSSR count). The van der Waals surface area contributed by atoms with Gasteiger partial charge in [0.05, 0.1) is 39.8 Å². The van der Waals surface area contributed by atoms with E-state index in [1.165, 1.54) is 49.2 Å². The summed E-state index contributed by atoms with van der Waals surface area (Å²) < 4.78 is 4.58. The number of nitrogens with zero attached hydrogens (tertiary/aromatic N) is 4. The number of rotatable bonds is 4. The molecule has 8 aromatic rings. The number of allylic oxidation sites excluding steroid dienone is 3. The molecule has 0 bridgehead atoms. The van der Waals surface area contributed by atoms with Crippen molar-refractivity contribution in [2.24, 2.45) is 0 Å². The van der Waals surface area contributed by atoms with Crippen LogP contribution in [0.1, 0.15) is 6.92 Å². The van der Waals surface area contributed by atoms with Gasteiger partial charge in [-0.25, -0.2) is 0 Å². The number of hydrogen-bond donors (Lipinski definition) is 0. The minimum atomic E-state index is 0.867. The summed E-state index contributed by atoms with van der Waals surface area (Å²) in [5, 5.41) is 6.28. The zero-order valence-corrected chi connectivity index (χ0v) is 23.9. The normalized spacial score (nSPS) is 11.4. The van der Waals surface area contributed by atoms with Crippen molar-refractivity contribution in [3.05, 3.63) is 159 Å². The molecule has 4 heterocycles. The van der Waals surface area contributed by atoms with Gasteiger partial charge in [-0.1, -0.05) is 79.4 Å². The molecular formula is C39H30N4. The van der Waals surface area contributed by atoms with E-state index in [2.05, 4.69) is 124 Å². The van der Waals surface area contributed by atoms with E-state index in [4.69, 9.17) is 4.98 Å². The summed E-state index contributed by atoms with van der Waals surface area (Å²) in [5.74, 6) is 0. The van der Waals surface area contributed by atoms with Crippen LogP contribution in [0, 0.1) is 0 Å². The summed E-state index contributed by atoms with van der Waals surface area (Å²) in [6.07, 6.45) is 11.5. The molecule has 206 valence electrons. The molecule has 0 spiro atoms. The van der Waals surface area contributed by atoms with E-state index in [1.54, 1.807) is 12.3 Å². The lowest BCUT2D eigenvalue weighted by Gasteiger charge is -2.10. The van der Waals surface area contributed by atoms with E-state index in [0.717, 1.165) is 17.1 Å². The molecule has 0 amide bonds. The first-order valence-corrected chi connectivity index (χ1v) is 14.4. The van der Waals surface area contributed by atoms with Crippen LogP contribution >= 0.6 is 0 Å². The molecule has 0 unspecified atom stereocenters. The molecule has 43 heavy (non-hydrogen) atoms. The average molecular weight is 555 g/mol. The summed E-state index contributed by atoms with van der Waals surface area (Å²) in [6.45, 7) is 5.42. The Labute approximate surface area is 250 Å². The van der Waals surface area contributed by atoms with Crippen molar-refractivity contribution in [1.29, 1.82) is 0 Å². The molecule has 0 saturated heterocycles. The highest BCUT2D eigenvalue weighted by atomic mass is 15.0. The summed E-state index contributed by atoms with van der Waals surface area (Å²) >= 11 is 0. The van der Waals surface area contributed by atoms with Gasteiger partial charge in [-0.2, -0.15) is 0 Å². The molecule has 0 atom stereocenters. The minimum Gasteiger partial charge on any atom is -0.317 e. The fraction of sp³-hybridized carbons (Fsp3) is 0.0256. The molecule has 0 aliphatic carbocycles. The van der Waals surface area contributed by atoms with Crippen LogP contribution in [0.2, 0.25) is 0 Å². The number of fused-ring (bicyclic) bond motifs is 7. The third-order valence-corrected chi connectivity index (χ3v) is 7.80. The largest absolute Gasteiger partial charge is 0.317 e. The van der Waals surface area contributed by atoms with Crippen LogP contribution in [-0.4, -0.2) is 19.1 Å². The molecule has 4 aromatic carbocycles. The van der Waals surface area contributed by atoms with Gasteiger partial charge in [0.25, 0.3) is 0 Å². The standard InChI is InChI=1S/C34H22N4.C5H8/c1-2-8-23(9-3-1)37-21-19-26-25-14-18-33-34(27(25)15-17-31(26)37)28-10-4-5-12-32(28)38(33)24-13-16-30(36-22-24)29-11-6-7-20-35-29;1-3-5-4-2/h1-22H;3-5H,1H2,2H3/b;5-4-. The van der Waals surface area contributed by atoms with Gasteiger partial charge < -0.3 is 9.13 Å². The lowest BCUT2D eigenvalue weighted by Crippen LogP contribution is -1.96. The maximum atomic E-state index is 4.77. The van der Waals surface area contributed by atoms with Crippen LogP contribution in [0.25, 0.3) is 66.2 Å². The lowest BCUT2D eigenvalue weighted by molar-refractivity contribution is 1.13. The molecule has 0 saturated carbocycles. The zero-order valence-electron chi connectivity index (χ0n) is 23.9. The first kappa shape index (κ1) is 26.2. The van der Waals surface area contributed by atoms with Crippen molar-refractivity contribution in [3.8, 4) is 22.8 Å². The quantitative estimate of drug-likeness (QED) is 0.203. The Morgan fingerprint density at radius 2 is 1.35 bits per heavy atom. The van der Waals surface area contributed by atoms with E-state index in [-0.39, 0.29) is 0 Å². The maximum Gasteiger partial charge on any atom is 0.0887 e. The van der Waals surface area contributed by atoms with Crippen molar-refractivity contribution in [3.63, 3.8) is 0 Å². The van der Waals surface area contributed by atoms with Gasteiger partial charge in [-0.05, 0) is 78.4 Å². The van der Waals surface area contributed by atoms with Crippen molar-refractivity contribution < 1.29 is 0 Å². The van der Waals surface area contributed by atoms with Gasteiger partial charge >= 0.3 is 0 Å². The average Bonchev–Trinajstić information content (AvgIpc) is 3.66. The lowest BCUT2D eigenvalue weighted by atomic mass is 10.0. The fourth-order valence-corrected chi connectivity index (χ4v) is 5.91. The second-order valence-corrected chi connectivity index (χ2v) is 10.3. The first-order valence-electron chi connectivity index (χ1n) is 14.4. The van der Waals surface area contributed by atoms with Gasteiger partial charge in [0.2, 0.25) is 0 Å². The number of aromatic nitrogens is 4. The highest BCUT2D eigenvalue weighted by Gasteiger charge is 2.17. The third kappa shape index (κ3) is 4.59. The highest BCUT2D eigenvalue weighted by Crippen LogP contribution is 2.39. The Hall–Kier alpha value is -5.74. The summed E-state index contributed by atoms with van der Waals surface area (Å²) in [7, 11) is 0. The van der Waals surface area contributed by atoms with E-state index in [1.807, 2.05) is 43.5 Å². The number of para-hydroxylation sites is 2. The van der Waals surface area contributed by atoms with Crippen molar-refractivity contribution >= 4 is 43.5 Å². The summed E-state index contributed by atoms with van der Waals surface area (Å²) in [4.78, 5) is 9.22. The predicted octanol–water partition coefficient (Wildman–Crippen LogP) is 10.1. The van der Waals surface area contributed by atoms with Gasteiger partial charge in [0.15, 0.2) is 0 Å². The predicted molar refractivity (Wildman–Crippen MR) is 181 cm³/mol. The number of pyridine rings is 2. The monoisotopic (exact) mass is 554 g/mol. The first-order chi connectivity index (χ1) is 21.3. The van der Waals surface area contributed by atoms with Crippen LogP contribution in [-0.2, 0) is 0 Å². The van der Waals surface area contributed by atoms with E-state index in [9.17, 15) is 0 Å². The Morgan fingerprint density at radius 3 is 2.09 bits per heavy atom. The molecule has 0 aliphatic rings. The Bertz CT molecular complexity index is 2240. The second-order valence-electron chi connectivity index (χ2n) is 10.3. The van der Waals surface area contributed by atoms with Crippen molar-refractivity contribution in [2.75, 3.05) is 0 Å². The topological polar surface area (TPSA) is 35.6 Å². The molecule has 4 aromatic heterocycles. The Morgan fingerprint density at radius 1 is 0.581 bits per heavy atom. The van der Waals surface area contributed by atoms with Gasteiger partial charge in [-0.3, -0.25) is 9.97 Å². The second kappa shape index (κ2) is 11.3. The third-order valence-electron chi connectivity index (χ3n) is 7.80. The molecule has 0 radical (unpaired) electrons. The smallest absolute Gasteiger partial charge is 0.0887 e. The fourth-order valence-electron chi connectivity index (χ4n) is 5.91. The van der Waals surface area contributed by atoms with Gasteiger partial charge in [0, 0.05) is 34.2 Å². The molecular weight excluding hydrogens is 524 g/mol. The van der Waals surface area contributed by atoms with Gasteiger partial charge in [0.1, 0.15) is 0 Å². The highest BCUT2D eigenvalue weighted by molar-refractivity contribution is 6.25. The molecule has 0 aliphatic heterocycles. The SMILES string of the molecule is C=C/C=C\C.c1ccc(-n2ccc3c4ccc5c(c4ccc32)c2ccccc2n5-c2ccc(-c3ccccn3)nc2)cc1. The van der Waals surface area contributed by atoms with E-state index < -0.39 is 0 Å². The summed E-state index contributed by atoms with van der Waals surface area (Å²) in [6, 6.07) is 40.5. The zero-order chi connectivity index (χ0) is 29.2. The Kier molecular flexibility index (Phi) is 6.86. The van der Waals surface area contributed by atoms with Crippen LogP contribution in [0.3, 0.4) is 0 Å². The van der Waals surface area contributed by atoms with Crippen molar-refractivity contribution in [1.82, 2.24) is 19.1 Å². The molecule has 4 nitrogen and oxygen atoms in total. The molecule has 4 heteroatoms. The maximum absolute atomic E-state index is 4.77. The van der Waals surface area contributed by atoms with Crippen LogP contribution in [0.4, 0.5) is 0 Å². The molecule has 0 N–H and O–H groups in total. The Balaban J connectivity index is 0.000000558. The minimum absolute atomic E-state index is 0.867. The van der Waals surface area contributed by atoms with Crippen LogP contribution in [0.5, 0.6) is 0 Å². The number of benzene rings is 4.